The Morgan fingerprint density at radius 2 is 1.88 bits per heavy atom. The zero-order valence-electron chi connectivity index (χ0n) is 9.04. The highest BCUT2D eigenvalue weighted by molar-refractivity contribution is 6.30. The van der Waals surface area contributed by atoms with Crippen LogP contribution in [0.5, 0.6) is 0 Å². The third-order valence-electron chi connectivity index (χ3n) is 2.10. The van der Waals surface area contributed by atoms with Crippen LogP contribution in [0.4, 0.5) is 21.7 Å². The van der Waals surface area contributed by atoms with Crippen LogP contribution < -0.4 is 11.1 Å². The number of hydrogen-bond donors (Lipinski definition) is 2. The standard InChI is InChI=1S/C11H10ClFN4/c1-6-15-10(14)9(13)11(16-6)17-8-4-2-7(12)3-5-8/h2-5H,1H3,(H3,14,15,16,17). The van der Waals surface area contributed by atoms with E-state index in [2.05, 4.69) is 15.3 Å². The lowest BCUT2D eigenvalue weighted by Crippen LogP contribution is -2.05. The average Bonchev–Trinajstić information content (AvgIpc) is 2.28. The number of benzene rings is 1. The molecule has 1 aromatic heterocycles. The molecule has 0 atom stereocenters. The van der Waals surface area contributed by atoms with Gasteiger partial charge < -0.3 is 11.1 Å². The maximum Gasteiger partial charge on any atom is 0.207 e. The molecular formula is C11H10ClFN4. The zero-order valence-corrected chi connectivity index (χ0v) is 9.79. The Bertz CT molecular complexity index is 542. The van der Waals surface area contributed by atoms with Crippen LogP contribution >= 0.6 is 11.6 Å². The second-order valence-corrected chi connectivity index (χ2v) is 3.89. The lowest BCUT2D eigenvalue weighted by Gasteiger charge is -2.08. The maximum atomic E-state index is 13.6. The predicted molar refractivity (Wildman–Crippen MR) is 65.9 cm³/mol. The van der Waals surface area contributed by atoms with Gasteiger partial charge in [0, 0.05) is 10.7 Å². The number of nitrogens with zero attached hydrogens (tertiary/aromatic N) is 2. The van der Waals surface area contributed by atoms with Gasteiger partial charge >= 0.3 is 0 Å². The Labute approximate surface area is 103 Å². The molecule has 3 N–H and O–H groups in total. The average molecular weight is 253 g/mol. The second-order valence-electron chi connectivity index (χ2n) is 3.45. The van der Waals surface area contributed by atoms with Crippen molar-refractivity contribution < 1.29 is 4.39 Å². The van der Waals surface area contributed by atoms with Crippen molar-refractivity contribution in [3.63, 3.8) is 0 Å². The molecule has 88 valence electrons. The topological polar surface area (TPSA) is 63.8 Å². The number of halogens is 2. The first-order valence-electron chi connectivity index (χ1n) is 4.88. The number of hydrogen-bond acceptors (Lipinski definition) is 4. The number of nitrogens with one attached hydrogen (secondary N) is 1. The Morgan fingerprint density at radius 3 is 2.53 bits per heavy atom. The third-order valence-corrected chi connectivity index (χ3v) is 2.35. The van der Waals surface area contributed by atoms with Crippen molar-refractivity contribution in [1.82, 2.24) is 9.97 Å². The smallest absolute Gasteiger partial charge is 0.207 e. The molecule has 0 unspecified atom stereocenters. The number of nitrogen functional groups attached to an aromatic ring is 1. The predicted octanol–water partition coefficient (Wildman–Crippen LogP) is 2.90. The zero-order chi connectivity index (χ0) is 12.4. The molecule has 0 aliphatic heterocycles. The second kappa shape index (κ2) is 4.55. The highest BCUT2D eigenvalue weighted by atomic mass is 35.5. The van der Waals surface area contributed by atoms with E-state index in [1.54, 1.807) is 31.2 Å². The highest BCUT2D eigenvalue weighted by Crippen LogP contribution is 2.22. The summed E-state index contributed by atoms with van der Waals surface area (Å²) < 4.78 is 13.6. The molecule has 0 amide bonds. The van der Waals surface area contributed by atoms with E-state index in [1.807, 2.05) is 0 Å². The molecule has 0 aliphatic carbocycles. The molecule has 4 nitrogen and oxygen atoms in total. The van der Waals surface area contributed by atoms with Gasteiger partial charge in [-0.05, 0) is 31.2 Å². The van der Waals surface area contributed by atoms with E-state index in [1.165, 1.54) is 0 Å². The maximum absolute atomic E-state index is 13.6. The quantitative estimate of drug-likeness (QED) is 0.863. The fraction of sp³-hybridized carbons (Fsp3) is 0.0909. The van der Waals surface area contributed by atoms with Crippen molar-refractivity contribution in [2.45, 2.75) is 6.92 Å². The van der Waals surface area contributed by atoms with E-state index < -0.39 is 5.82 Å². The van der Waals surface area contributed by atoms with E-state index in [-0.39, 0.29) is 11.6 Å². The van der Waals surface area contributed by atoms with Gasteiger partial charge in [-0.15, -0.1) is 0 Å². The Balaban J connectivity index is 2.32. The van der Waals surface area contributed by atoms with E-state index >= 15 is 0 Å². The van der Waals surface area contributed by atoms with Crippen LogP contribution in [0.25, 0.3) is 0 Å². The van der Waals surface area contributed by atoms with Crippen LogP contribution in [0, 0.1) is 12.7 Å². The molecule has 2 rings (SSSR count). The van der Waals surface area contributed by atoms with Crippen LogP contribution in [0.3, 0.4) is 0 Å². The van der Waals surface area contributed by atoms with Crippen molar-refractivity contribution in [3.8, 4) is 0 Å². The van der Waals surface area contributed by atoms with Crippen molar-refractivity contribution in [2.24, 2.45) is 0 Å². The van der Waals surface area contributed by atoms with E-state index in [0.29, 0.717) is 16.5 Å². The van der Waals surface area contributed by atoms with Crippen molar-refractivity contribution in [3.05, 3.63) is 40.9 Å². The summed E-state index contributed by atoms with van der Waals surface area (Å²) in [5.41, 5.74) is 6.08. The molecular weight excluding hydrogens is 243 g/mol. The summed E-state index contributed by atoms with van der Waals surface area (Å²) in [4.78, 5) is 7.66. The van der Waals surface area contributed by atoms with Gasteiger partial charge in [0.15, 0.2) is 11.6 Å². The van der Waals surface area contributed by atoms with E-state index in [9.17, 15) is 4.39 Å². The van der Waals surface area contributed by atoms with Gasteiger partial charge in [-0.1, -0.05) is 11.6 Å². The van der Waals surface area contributed by atoms with E-state index in [0.717, 1.165) is 0 Å². The molecule has 0 saturated heterocycles. The summed E-state index contributed by atoms with van der Waals surface area (Å²) in [7, 11) is 0. The molecule has 0 bridgehead atoms. The minimum atomic E-state index is -0.662. The molecule has 0 fully saturated rings. The summed E-state index contributed by atoms with van der Waals surface area (Å²) in [5, 5.41) is 3.42. The minimum Gasteiger partial charge on any atom is -0.381 e. The van der Waals surface area contributed by atoms with Gasteiger partial charge in [0.05, 0.1) is 0 Å². The van der Waals surface area contributed by atoms with Crippen molar-refractivity contribution in [2.75, 3.05) is 11.1 Å². The number of rotatable bonds is 2. The summed E-state index contributed by atoms with van der Waals surface area (Å²) in [6.07, 6.45) is 0. The lowest BCUT2D eigenvalue weighted by molar-refractivity contribution is 0.622. The monoisotopic (exact) mass is 252 g/mol. The van der Waals surface area contributed by atoms with Crippen LogP contribution in [-0.4, -0.2) is 9.97 Å². The fourth-order valence-corrected chi connectivity index (χ4v) is 1.46. The summed E-state index contributed by atoms with van der Waals surface area (Å²) in [5.74, 6) is -0.378. The first-order valence-corrected chi connectivity index (χ1v) is 5.26. The molecule has 0 aliphatic rings. The molecule has 17 heavy (non-hydrogen) atoms. The summed E-state index contributed by atoms with van der Waals surface area (Å²) >= 11 is 5.75. The Morgan fingerprint density at radius 1 is 1.24 bits per heavy atom. The number of aromatic nitrogens is 2. The Kier molecular flexibility index (Phi) is 3.10. The van der Waals surface area contributed by atoms with Crippen LogP contribution in [0.15, 0.2) is 24.3 Å². The molecule has 2 aromatic rings. The van der Waals surface area contributed by atoms with E-state index in [4.69, 9.17) is 17.3 Å². The summed E-state index contributed by atoms with van der Waals surface area (Å²) in [6, 6.07) is 6.82. The van der Waals surface area contributed by atoms with Crippen molar-refractivity contribution >= 4 is 28.9 Å². The van der Waals surface area contributed by atoms with Crippen LogP contribution in [-0.2, 0) is 0 Å². The van der Waals surface area contributed by atoms with Crippen LogP contribution in [0.2, 0.25) is 5.02 Å². The number of anilines is 3. The largest absolute Gasteiger partial charge is 0.381 e. The first-order chi connectivity index (χ1) is 8.06. The molecule has 0 saturated carbocycles. The van der Waals surface area contributed by atoms with Gasteiger partial charge in [0.25, 0.3) is 0 Å². The van der Waals surface area contributed by atoms with Gasteiger partial charge in [-0.25, -0.2) is 9.97 Å². The first kappa shape index (κ1) is 11.6. The molecule has 1 aromatic carbocycles. The highest BCUT2D eigenvalue weighted by Gasteiger charge is 2.10. The van der Waals surface area contributed by atoms with Gasteiger partial charge in [0.2, 0.25) is 5.82 Å². The van der Waals surface area contributed by atoms with Gasteiger partial charge in [0.1, 0.15) is 5.82 Å². The van der Waals surface area contributed by atoms with Crippen LogP contribution in [0.1, 0.15) is 5.82 Å². The molecule has 0 radical (unpaired) electrons. The fourth-order valence-electron chi connectivity index (χ4n) is 1.33. The number of aryl methyl sites for hydroxylation is 1. The number of nitrogens with two attached hydrogens (primary N) is 1. The molecule has 6 heteroatoms. The minimum absolute atomic E-state index is 0.0531. The third kappa shape index (κ3) is 2.62. The van der Waals surface area contributed by atoms with Gasteiger partial charge in [-0.3, -0.25) is 0 Å². The lowest BCUT2D eigenvalue weighted by atomic mass is 10.3. The summed E-state index contributed by atoms with van der Waals surface area (Å²) in [6.45, 7) is 1.64. The van der Waals surface area contributed by atoms with Gasteiger partial charge in [-0.2, -0.15) is 4.39 Å². The Hall–Kier alpha value is -1.88. The molecule has 1 heterocycles. The SMILES string of the molecule is Cc1nc(N)c(F)c(Nc2ccc(Cl)cc2)n1. The molecule has 0 spiro atoms. The van der Waals surface area contributed by atoms with Crippen molar-refractivity contribution in [1.29, 1.82) is 0 Å². The normalized spacial score (nSPS) is 10.3.